The predicted molar refractivity (Wildman–Crippen MR) is 58.8 cm³/mol. The fourth-order valence-corrected chi connectivity index (χ4v) is 1.81. The van der Waals surface area contributed by atoms with Crippen LogP contribution in [0.5, 0.6) is 0 Å². The number of guanidine groups is 1. The molecule has 0 saturated heterocycles. The van der Waals surface area contributed by atoms with Crippen LogP contribution in [0.2, 0.25) is 0 Å². The summed E-state index contributed by atoms with van der Waals surface area (Å²) < 4.78 is 0.414. The Labute approximate surface area is 83.7 Å². The summed E-state index contributed by atoms with van der Waals surface area (Å²) in [4.78, 5) is 4.39. The molecule has 4 N–H and O–H groups in total. The third kappa shape index (κ3) is 3.08. The van der Waals surface area contributed by atoms with E-state index in [-0.39, 0.29) is 0 Å². The SMILES string of the molecule is CCNC(=NCC1(SC)CC1)NN. The molecule has 0 amide bonds. The molecule has 0 aliphatic heterocycles. The Morgan fingerprint density at radius 1 is 1.62 bits per heavy atom. The van der Waals surface area contributed by atoms with Gasteiger partial charge in [0.1, 0.15) is 0 Å². The number of hydrogen-bond donors (Lipinski definition) is 3. The molecule has 5 heteroatoms. The molecule has 1 rings (SSSR count). The van der Waals surface area contributed by atoms with E-state index in [1.165, 1.54) is 12.8 Å². The fourth-order valence-electron chi connectivity index (χ4n) is 1.11. The van der Waals surface area contributed by atoms with Crippen molar-refractivity contribution in [3.8, 4) is 0 Å². The lowest BCUT2D eigenvalue weighted by molar-refractivity contribution is 0.827. The van der Waals surface area contributed by atoms with Crippen molar-refractivity contribution in [2.75, 3.05) is 19.3 Å². The summed E-state index contributed by atoms with van der Waals surface area (Å²) in [5.74, 6) is 6.00. The second-order valence-corrected chi connectivity index (χ2v) is 4.50. The lowest BCUT2D eigenvalue weighted by Crippen LogP contribution is -2.41. The number of nitrogens with two attached hydrogens (primary N) is 1. The molecular weight excluding hydrogens is 184 g/mol. The number of thioether (sulfide) groups is 1. The zero-order valence-corrected chi connectivity index (χ0v) is 9.08. The van der Waals surface area contributed by atoms with Gasteiger partial charge in [-0.05, 0) is 26.0 Å². The van der Waals surface area contributed by atoms with Crippen LogP contribution in [0, 0.1) is 0 Å². The molecule has 0 aromatic carbocycles. The topological polar surface area (TPSA) is 62.4 Å². The molecule has 1 fully saturated rings. The summed E-state index contributed by atoms with van der Waals surface area (Å²) in [6, 6.07) is 0. The third-order valence-corrected chi connectivity index (χ3v) is 3.65. The van der Waals surface area contributed by atoms with Crippen LogP contribution in [0.1, 0.15) is 19.8 Å². The van der Waals surface area contributed by atoms with Crippen molar-refractivity contribution < 1.29 is 0 Å². The predicted octanol–water partition coefficient (Wildman–Crippen LogP) is 0.311. The van der Waals surface area contributed by atoms with E-state index in [9.17, 15) is 0 Å². The van der Waals surface area contributed by atoms with Crippen LogP contribution in [0.15, 0.2) is 4.99 Å². The van der Waals surface area contributed by atoms with E-state index in [2.05, 4.69) is 22.0 Å². The zero-order chi connectivity index (χ0) is 9.73. The second kappa shape index (κ2) is 4.72. The van der Waals surface area contributed by atoms with Gasteiger partial charge in [0, 0.05) is 11.3 Å². The summed E-state index contributed by atoms with van der Waals surface area (Å²) in [6.45, 7) is 3.73. The van der Waals surface area contributed by atoms with Crippen LogP contribution in [-0.2, 0) is 0 Å². The Morgan fingerprint density at radius 3 is 2.69 bits per heavy atom. The first-order valence-corrected chi connectivity index (χ1v) is 5.79. The van der Waals surface area contributed by atoms with Crippen LogP contribution >= 0.6 is 11.8 Å². The van der Waals surface area contributed by atoms with Crippen LogP contribution in [0.4, 0.5) is 0 Å². The monoisotopic (exact) mass is 202 g/mol. The largest absolute Gasteiger partial charge is 0.356 e. The van der Waals surface area contributed by atoms with Gasteiger partial charge in [-0.2, -0.15) is 11.8 Å². The van der Waals surface area contributed by atoms with Crippen molar-refractivity contribution in [1.29, 1.82) is 0 Å². The average Bonchev–Trinajstić information content (AvgIpc) is 2.93. The molecule has 0 unspecified atom stereocenters. The molecule has 0 heterocycles. The Hall–Kier alpha value is -0.420. The highest BCUT2D eigenvalue weighted by Gasteiger charge is 2.41. The van der Waals surface area contributed by atoms with Gasteiger partial charge in [0.25, 0.3) is 0 Å². The number of rotatable bonds is 4. The molecule has 4 nitrogen and oxygen atoms in total. The van der Waals surface area contributed by atoms with Gasteiger partial charge in [-0.25, -0.2) is 5.84 Å². The van der Waals surface area contributed by atoms with Gasteiger partial charge in [0.2, 0.25) is 5.96 Å². The van der Waals surface area contributed by atoms with Crippen molar-refractivity contribution in [3.63, 3.8) is 0 Å². The molecule has 76 valence electrons. The maximum Gasteiger partial charge on any atom is 0.205 e. The quantitative estimate of drug-likeness (QED) is 0.266. The highest BCUT2D eigenvalue weighted by molar-refractivity contribution is 8.00. The molecule has 0 aromatic rings. The van der Waals surface area contributed by atoms with Gasteiger partial charge >= 0.3 is 0 Å². The molecular formula is C8H18N4S. The number of hydrazine groups is 1. The normalized spacial score (nSPS) is 19.8. The second-order valence-electron chi connectivity index (χ2n) is 3.23. The molecule has 1 aliphatic rings. The molecule has 1 saturated carbocycles. The standard InChI is InChI=1S/C8H18N4S/c1-3-10-7(12-9)11-6-8(13-2)4-5-8/h3-6,9H2,1-2H3,(H2,10,11,12). The smallest absolute Gasteiger partial charge is 0.205 e. The lowest BCUT2D eigenvalue weighted by Gasteiger charge is -2.10. The molecule has 0 radical (unpaired) electrons. The van der Waals surface area contributed by atoms with E-state index in [1.807, 2.05) is 18.7 Å². The number of hydrogen-bond acceptors (Lipinski definition) is 3. The summed E-state index contributed by atoms with van der Waals surface area (Å²) >= 11 is 1.91. The first-order valence-electron chi connectivity index (χ1n) is 4.56. The Kier molecular flexibility index (Phi) is 3.87. The van der Waals surface area contributed by atoms with Crippen molar-refractivity contribution in [2.24, 2.45) is 10.8 Å². The first-order chi connectivity index (χ1) is 6.26. The molecule has 1 aliphatic carbocycles. The molecule has 0 spiro atoms. The summed E-state index contributed by atoms with van der Waals surface area (Å²) in [7, 11) is 0. The van der Waals surface area contributed by atoms with Gasteiger partial charge < -0.3 is 5.32 Å². The van der Waals surface area contributed by atoms with Crippen LogP contribution in [0.3, 0.4) is 0 Å². The van der Waals surface area contributed by atoms with E-state index < -0.39 is 0 Å². The van der Waals surface area contributed by atoms with Gasteiger partial charge in [0.15, 0.2) is 0 Å². The fraction of sp³-hybridized carbons (Fsp3) is 0.875. The Bertz CT molecular complexity index is 189. The Morgan fingerprint density at radius 2 is 2.31 bits per heavy atom. The Balaban J connectivity index is 2.35. The van der Waals surface area contributed by atoms with E-state index >= 15 is 0 Å². The highest BCUT2D eigenvalue weighted by Crippen LogP contribution is 2.47. The average molecular weight is 202 g/mol. The van der Waals surface area contributed by atoms with Crippen LogP contribution in [0.25, 0.3) is 0 Å². The minimum atomic E-state index is 0.414. The van der Waals surface area contributed by atoms with E-state index in [0.29, 0.717) is 10.7 Å². The minimum absolute atomic E-state index is 0.414. The van der Waals surface area contributed by atoms with E-state index in [0.717, 1.165) is 13.1 Å². The highest BCUT2D eigenvalue weighted by atomic mass is 32.2. The molecule has 13 heavy (non-hydrogen) atoms. The van der Waals surface area contributed by atoms with Crippen LogP contribution < -0.4 is 16.6 Å². The molecule has 0 bridgehead atoms. The maximum absolute atomic E-state index is 5.30. The van der Waals surface area contributed by atoms with Crippen LogP contribution in [-0.4, -0.2) is 30.1 Å². The lowest BCUT2D eigenvalue weighted by atomic mass is 10.4. The summed E-state index contributed by atoms with van der Waals surface area (Å²) in [5, 5.41) is 3.06. The van der Waals surface area contributed by atoms with Gasteiger partial charge in [0.05, 0.1) is 6.54 Å². The first kappa shape index (κ1) is 10.7. The van der Waals surface area contributed by atoms with E-state index in [1.54, 1.807) is 0 Å². The maximum atomic E-state index is 5.30. The summed E-state index contributed by atoms with van der Waals surface area (Å²) in [6.07, 6.45) is 4.70. The van der Waals surface area contributed by atoms with Crippen molar-refractivity contribution in [2.45, 2.75) is 24.5 Å². The number of nitrogens with zero attached hydrogens (tertiary/aromatic N) is 1. The van der Waals surface area contributed by atoms with E-state index in [4.69, 9.17) is 5.84 Å². The molecule has 0 atom stereocenters. The minimum Gasteiger partial charge on any atom is -0.356 e. The van der Waals surface area contributed by atoms with Gasteiger partial charge in [-0.15, -0.1) is 0 Å². The third-order valence-electron chi connectivity index (χ3n) is 2.25. The zero-order valence-electron chi connectivity index (χ0n) is 8.26. The van der Waals surface area contributed by atoms with Crippen molar-refractivity contribution in [1.82, 2.24) is 10.7 Å². The number of aliphatic imine (C=N–C) groups is 1. The van der Waals surface area contributed by atoms with Gasteiger partial charge in [-0.1, -0.05) is 0 Å². The molecule has 0 aromatic heterocycles. The van der Waals surface area contributed by atoms with Crippen molar-refractivity contribution >= 4 is 17.7 Å². The van der Waals surface area contributed by atoms with Gasteiger partial charge in [-0.3, -0.25) is 10.4 Å². The summed E-state index contributed by atoms with van der Waals surface area (Å²) in [5.41, 5.74) is 2.56. The van der Waals surface area contributed by atoms with Crippen molar-refractivity contribution in [3.05, 3.63) is 0 Å². The number of nitrogens with one attached hydrogen (secondary N) is 2.